The number of likely N-dealkylation sites (N-methyl/N-ethyl adjacent to an activating group) is 1. The molecule has 0 spiro atoms. The van der Waals surface area contributed by atoms with Crippen molar-refractivity contribution in [3.8, 4) is 22.8 Å². The molecule has 2 aliphatic rings. The summed E-state index contributed by atoms with van der Waals surface area (Å²) in [5.74, 6) is 0.323. The number of hydrogen-bond acceptors (Lipinski definition) is 7. The van der Waals surface area contributed by atoms with Gasteiger partial charge < -0.3 is 29.9 Å². The van der Waals surface area contributed by atoms with Crippen LogP contribution in [-0.4, -0.2) is 77.4 Å². The maximum atomic E-state index is 12.8. The normalized spacial score (nSPS) is 19.2. The molecule has 1 saturated heterocycles. The quantitative estimate of drug-likeness (QED) is 0.553. The van der Waals surface area contributed by atoms with E-state index in [0.717, 1.165) is 44.7 Å². The first kappa shape index (κ1) is 25.0. The molecule has 0 bridgehead atoms. The summed E-state index contributed by atoms with van der Waals surface area (Å²) in [6.07, 6.45) is 7.20. The van der Waals surface area contributed by atoms with Gasteiger partial charge in [-0.3, -0.25) is 4.79 Å². The highest BCUT2D eigenvalue weighted by atomic mass is 16.5. The third kappa shape index (κ3) is 5.44. The van der Waals surface area contributed by atoms with Gasteiger partial charge in [-0.05, 0) is 49.4 Å². The molecular formula is C27H36N4O4. The zero-order valence-electron chi connectivity index (χ0n) is 21.0. The van der Waals surface area contributed by atoms with Crippen molar-refractivity contribution in [2.45, 2.75) is 33.1 Å². The SMILES string of the molecule is CCNC(=O)c1noc(-c2cc(C(C)C)c(O)cc2O)c1C1=CCC(CN2CCN(C)CC2)C=C1. The van der Waals surface area contributed by atoms with Gasteiger partial charge in [0.2, 0.25) is 0 Å². The zero-order chi connectivity index (χ0) is 25.1. The summed E-state index contributed by atoms with van der Waals surface area (Å²) in [5.41, 5.74) is 2.67. The Bertz CT molecular complexity index is 1130. The lowest BCUT2D eigenvalue weighted by Crippen LogP contribution is -2.45. The average molecular weight is 481 g/mol. The number of phenols is 2. The van der Waals surface area contributed by atoms with E-state index in [4.69, 9.17) is 4.52 Å². The summed E-state index contributed by atoms with van der Waals surface area (Å²) in [6, 6.07) is 3.03. The number of benzene rings is 1. The third-order valence-electron chi connectivity index (χ3n) is 6.82. The molecule has 4 rings (SSSR count). The van der Waals surface area contributed by atoms with Gasteiger partial charge in [-0.2, -0.15) is 0 Å². The number of phenolic OH excluding ortho intramolecular Hbond substituents is 2. The molecule has 2 heterocycles. The highest BCUT2D eigenvalue weighted by Crippen LogP contribution is 2.42. The number of nitrogens with zero attached hydrogens (tertiary/aromatic N) is 3. The topological polar surface area (TPSA) is 102 Å². The Morgan fingerprint density at radius 2 is 1.94 bits per heavy atom. The van der Waals surface area contributed by atoms with E-state index in [1.165, 1.54) is 6.07 Å². The van der Waals surface area contributed by atoms with E-state index in [1.807, 2.05) is 26.8 Å². The molecule has 1 aliphatic heterocycles. The minimum atomic E-state index is -0.325. The van der Waals surface area contributed by atoms with Crippen LogP contribution in [0.3, 0.4) is 0 Å². The number of carbonyl (C=O) groups excluding carboxylic acids is 1. The lowest BCUT2D eigenvalue weighted by Gasteiger charge is -2.34. The third-order valence-corrected chi connectivity index (χ3v) is 6.82. The van der Waals surface area contributed by atoms with Crippen molar-refractivity contribution in [1.82, 2.24) is 20.3 Å². The summed E-state index contributed by atoms with van der Waals surface area (Å²) >= 11 is 0. The fraction of sp³-hybridized carbons (Fsp3) is 0.481. The first-order valence-corrected chi connectivity index (χ1v) is 12.4. The van der Waals surface area contributed by atoms with Crippen molar-refractivity contribution in [3.05, 3.63) is 47.2 Å². The molecule has 2 aromatic rings. The second-order valence-corrected chi connectivity index (χ2v) is 9.80. The fourth-order valence-electron chi connectivity index (χ4n) is 4.73. The molecule has 1 unspecified atom stereocenters. The molecule has 1 aromatic heterocycles. The first-order valence-electron chi connectivity index (χ1n) is 12.4. The smallest absolute Gasteiger partial charge is 0.274 e. The maximum absolute atomic E-state index is 12.8. The Morgan fingerprint density at radius 3 is 2.57 bits per heavy atom. The monoisotopic (exact) mass is 480 g/mol. The van der Waals surface area contributed by atoms with Crippen molar-refractivity contribution >= 4 is 11.5 Å². The molecule has 0 saturated carbocycles. The Balaban J connectivity index is 1.66. The van der Waals surface area contributed by atoms with Crippen LogP contribution in [0.15, 0.2) is 34.9 Å². The number of rotatable bonds is 7. The molecule has 8 heteroatoms. The van der Waals surface area contributed by atoms with Gasteiger partial charge in [0.15, 0.2) is 11.5 Å². The van der Waals surface area contributed by atoms with Gasteiger partial charge in [-0.1, -0.05) is 37.2 Å². The van der Waals surface area contributed by atoms with Crippen LogP contribution in [0.25, 0.3) is 16.9 Å². The number of aromatic nitrogens is 1. The molecule has 1 aromatic carbocycles. The summed E-state index contributed by atoms with van der Waals surface area (Å²) < 4.78 is 5.68. The highest BCUT2D eigenvalue weighted by molar-refractivity contribution is 6.01. The van der Waals surface area contributed by atoms with E-state index >= 15 is 0 Å². The van der Waals surface area contributed by atoms with Crippen molar-refractivity contribution < 1.29 is 19.5 Å². The van der Waals surface area contributed by atoms with Gasteiger partial charge in [-0.15, -0.1) is 0 Å². The van der Waals surface area contributed by atoms with Gasteiger partial charge in [0.1, 0.15) is 11.5 Å². The number of carbonyl (C=O) groups is 1. The minimum Gasteiger partial charge on any atom is -0.508 e. The fourth-order valence-corrected chi connectivity index (χ4v) is 4.73. The van der Waals surface area contributed by atoms with Gasteiger partial charge in [0.05, 0.1) is 11.1 Å². The van der Waals surface area contributed by atoms with Gasteiger partial charge in [0, 0.05) is 45.3 Å². The van der Waals surface area contributed by atoms with Crippen molar-refractivity contribution in [2.24, 2.45) is 5.92 Å². The minimum absolute atomic E-state index is 0.0230. The van der Waals surface area contributed by atoms with E-state index in [2.05, 4.69) is 39.5 Å². The molecular weight excluding hydrogens is 444 g/mol. The second kappa shape index (κ2) is 10.7. The Morgan fingerprint density at radius 1 is 1.20 bits per heavy atom. The van der Waals surface area contributed by atoms with Crippen LogP contribution in [0.5, 0.6) is 11.5 Å². The summed E-state index contributed by atoms with van der Waals surface area (Å²) in [4.78, 5) is 17.7. The molecule has 8 nitrogen and oxygen atoms in total. The van der Waals surface area contributed by atoms with Crippen LogP contribution in [0, 0.1) is 5.92 Å². The highest BCUT2D eigenvalue weighted by Gasteiger charge is 2.28. The Hall–Kier alpha value is -3.10. The Kier molecular flexibility index (Phi) is 7.62. The lowest BCUT2D eigenvalue weighted by atomic mass is 9.89. The van der Waals surface area contributed by atoms with Crippen LogP contribution in [0.1, 0.15) is 54.7 Å². The summed E-state index contributed by atoms with van der Waals surface area (Å²) in [5, 5.41) is 27.9. The number of aromatic hydroxyl groups is 2. The number of nitrogens with one attached hydrogen (secondary N) is 1. The zero-order valence-corrected chi connectivity index (χ0v) is 21.0. The molecule has 188 valence electrons. The van der Waals surface area contributed by atoms with Crippen LogP contribution in [0.2, 0.25) is 0 Å². The van der Waals surface area contributed by atoms with E-state index in [1.54, 1.807) is 6.07 Å². The molecule has 1 fully saturated rings. The molecule has 1 amide bonds. The van der Waals surface area contributed by atoms with Crippen LogP contribution in [-0.2, 0) is 0 Å². The number of piperazine rings is 1. The first-order chi connectivity index (χ1) is 16.8. The molecule has 35 heavy (non-hydrogen) atoms. The van der Waals surface area contributed by atoms with Gasteiger partial charge >= 0.3 is 0 Å². The number of hydrogen-bond donors (Lipinski definition) is 3. The van der Waals surface area contributed by atoms with Crippen LogP contribution in [0.4, 0.5) is 0 Å². The summed E-state index contributed by atoms with van der Waals surface area (Å²) in [7, 11) is 2.16. The van der Waals surface area contributed by atoms with Crippen molar-refractivity contribution in [3.63, 3.8) is 0 Å². The van der Waals surface area contributed by atoms with Crippen LogP contribution < -0.4 is 5.32 Å². The van der Waals surface area contributed by atoms with Crippen molar-refractivity contribution in [1.29, 1.82) is 0 Å². The van der Waals surface area contributed by atoms with E-state index in [9.17, 15) is 15.0 Å². The van der Waals surface area contributed by atoms with E-state index in [0.29, 0.717) is 34.9 Å². The molecule has 1 aliphatic carbocycles. The predicted molar refractivity (Wildman–Crippen MR) is 137 cm³/mol. The maximum Gasteiger partial charge on any atom is 0.274 e. The van der Waals surface area contributed by atoms with Gasteiger partial charge in [0.25, 0.3) is 5.91 Å². The standard InChI is InChI=1S/C27H36N4O4/c1-5-28-27(34)25-24(19-8-6-18(7-9-19)16-31-12-10-30(4)11-13-31)26(35-29-25)21-14-20(17(2)3)22(32)15-23(21)33/h6,8-9,14-15,17-18,32-33H,5,7,10-13,16H2,1-4H3,(H,28,34). The van der Waals surface area contributed by atoms with Crippen molar-refractivity contribution in [2.75, 3.05) is 46.3 Å². The molecule has 1 atom stereocenters. The second-order valence-electron chi connectivity index (χ2n) is 9.80. The Labute approximate surface area is 206 Å². The molecule has 3 N–H and O–H groups in total. The lowest BCUT2D eigenvalue weighted by molar-refractivity contribution is 0.0946. The van der Waals surface area contributed by atoms with E-state index in [-0.39, 0.29) is 29.0 Å². The average Bonchev–Trinajstić information content (AvgIpc) is 3.26. The largest absolute Gasteiger partial charge is 0.508 e. The predicted octanol–water partition coefficient (Wildman–Crippen LogP) is 3.83. The molecule has 0 radical (unpaired) electrons. The number of amides is 1. The summed E-state index contributed by atoms with van der Waals surface area (Å²) in [6.45, 7) is 11.6. The van der Waals surface area contributed by atoms with Crippen LogP contribution >= 0.6 is 0 Å². The number of allylic oxidation sites excluding steroid dienone is 3. The van der Waals surface area contributed by atoms with Gasteiger partial charge in [-0.25, -0.2) is 0 Å². The van der Waals surface area contributed by atoms with E-state index < -0.39 is 0 Å².